The molecule has 1 aliphatic rings. The molecule has 3 heteroatoms. The van der Waals surface area contributed by atoms with Gasteiger partial charge in [-0.05, 0) is 46.3 Å². The molecule has 66 valence electrons. The van der Waals surface area contributed by atoms with Crippen LogP contribution in [-0.2, 0) is 6.42 Å². The van der Waals surface area contributed by atoms with Crippen LogP contribution in [0.5, 0.6) is 0 Å². The number of nitrogens with zero attached hydrogens (tertiary/aromatic N) is 2. The molecular formula is C10H9BrN2. The Morgan fingerprint density at radius 1 is 1.54 bits per heavy atom. The number of rotatable bonds is 0. The first-order valence-corrected chi connectivity index (χ1v) is 5.14. The molecule has 1 aromatic rings. The van der Waals surface area contributed by atoms with E-state index in [1.807, 2.05) is 6.20 Å². The van der Waals surface area contributed by atoms with Crippen LogP contribution in [0.3, 0.4) is 0 Å². The summed E-state index contributed by atoms with van der Waals surface area (Å²) in [6, 6.07) is 2.33. The van der Waals surface area contributed by atoms with Crippen molar-refractivity contribution in [3.63, 3.8) is 0 Å². The minimum absolute atomic E-state index is 0.0498. The fourth-order valence-corrected chi connectivity index (χ4v) is 2.36. The van der Waals surface area contributed by atoms with Crippen molar-refractivity contribution in [3.05, 3.63) is 28.0 Å². The molecule has 0 saturated carbocycles. The SMILES string of the molecule is N#C[C@@H]1CCCc2c(Br)cncc21. The van der Waals surface area contributed by atoms with Crippen LogP contribution in [-0.4, -0.2) is 4.98 Å². The predicted octanol–water partition coefficient (Wildman–Crippen LogP) is 2.79. The van der Waals surface area contributed by atoms with Gasteiger partial charge in [-0.15, -0.1) is 0 Å². The van der Waals surface area contributed by atoms with Crippen molar-refractivity contribution in [2.45, 2.75) is 25.2 Å². The van der Waals surface area contributed by atoms with E-state index in [0.717, 1.165) is 29.3 Å². The molecule has 1 aromatic heterocycles. The van der Waals surface area contributed by atoms with E-state index in [4.69, 9.17) is 5.26 Å². The van der Waals surface area contributed by atoms with E-state index >= 15 is 0 Å². The maximum atomic E-state index is 8.94. The van der Waals surface area contributed by atoms with Gasteiger partial charge in [-0.1, -0.05) is 0 Å². The Morgan fingerprint density at radius 3 is 3.15 bits per heavy atom. The summed E-state index contributed by atoms with van der Waals surface area (Å²) in [7, 11) is 0. The molecule has 2 rings (SSSR count). The summed E-state index contributed by atoms with van der Waals surface area (Å²) < 4.78 is 1.05. The Labute approximate surface area is 85.7 Å². The van der Waals surface area contributed by atoms with Crippen LogP contribution in [0.1, 0.15) is 29.9 Å². The summed E-state index contributed by atoms with van der Waals surface area (Å²) >= 11 is 3.47. The summed E-state index contributed by atoms with van der Waals surface area (Å²) in [5.74, 6) is 0.0498. The van der Waals surface area contributed by atoms with Crippen LogP contribution in [0.4, 0.5) is 0 Å². The molecule has 1 aliphatic carbocycles. The number of nitriles is 1. The lowest BCUT2D eigenvalue weighted by atomic mass is 9.85. The first-order valence-electron chi connectivity index (χ1n) is 4.35. The largest absolute Gasteiger partial charge is 0.263 e. The summed E-state index contributed by atoms with van der Waals surface area (Å²) in [4.78, 5) is 4.10. The Hall–Kier alpha value is -0.880. The monoisotopic (exact) mass is 236 g/mol. The number of halogens is 1. The highest BCUT2D eigenvalue weighted by Gasteiger charge is 2.21. The second-order valence-corrected chi connectivity index (χ2v) is 4.12. The zero-order valence-corrected chi connectivity index (χ0v) is 8.71. The highest BCUT2D eigenvalue weighted by Crippen LogP contribution is 2.34. The van der Waals surface area contributed by atoms with Crippen molar-refractivity contribution in [2.24, 2.45) is 0 Å². The third-order valence-electron chi connectivity index (χ3n) is 2.49. The molecule has 0 radical (unpaired) electrons. The van der Waals surface area contributed by atoms with Crippen molar-refractivity contribution in [2.75, 3.05) is 0 Å². The fraction of sp³-hybridized carbons (Fsp3) is 0.400. The Kier molecular flexibility index (Phi) is 2.32. The van der Waals surface area contributed by atoms with Gasteiger partial charge in [0.2, 0.25) is 0 Å². The molecule has 1 heterocycles. The zero-order chi connectivity index (χ0) is 9.26. The highest BCUT2D eigenvalue weighted by atomic mass is 79.9. The van der Waals surface area contributed by atoms with Gasteiger partial charge in [0.1, 0.15) is 0 Å². The molecule has 13 heavy (non-hydrogen) atoms. The van der Waals surface area contributed by atoms with Crippen LogP contribution in [0, 0.1) is 11.3 Å². The number of fused-ring (bicyclic) bond motifs is 1. The molecule has 0 amide bonds. The third-order valence-corrected chi connectivity index (χ3v) is 3.17. The molecule has 0 N–H and O–H groups in total. The van der Waals surface area contributed by atoms with Crippen molar-refractivity contribution in [3.8, 4) is 6.07 Å². The van der Waals surface area contributed by atoms with E-state index in [9.17, 15) is 0 Å². The second-order valence-electron chi connectivity index (χ2n) is 3.26. The van der Waals surface area contributed by atoms with Crippen LogP contribution in [0.25, 0.3) is 0 Å². The Bertz CT molecular complexity index is 368. The second kappa shape index (κ2) is 3.47. The predicted molar refractivity (Wildman–Crippen MR) is 53.2 cm³/mol. The van der Waals surface area contributed by atoms with E-state index < -0.39 is 0 Å². The molecule has 0 saturated heterocycles. The van der Waals surface area contributed by atoms with Gasteiger partial charge in [0.25, 0.3) is 0 Å². The third kappa shape index (κ3) is 1.47. The van der Waals surface area contributed by atoms with E-state index in [2.05, 4.69) is 27.0 Å². The van der Waals surface area contributed by atoms with Gasteiger partial charge in [-0.25, -0.2) is 0 Å². The first kappa shape index (κ1) is 8.71. The van der Waals surface area contributed by atoms with Crippen molar-refractivity contribution in [1.82, 2.24) is 4.98 Å². The zero-order valence-electron chi connectivity index (χ0n) is 7.13. The van der Waals surface area contributed by atoms with Crippen molar-refractivity contribution in [1.29, 1.82) is 5.26 Å². The van der Waals surface area contributed by atoms with E-state index in [1.165, 1.54) is 5.56 Å². The number of hydrogen-bond acceptors (Lipinski definition) is 2. The normalized spacial score (nSPS) is 20.5. The number of hydrogen-bond donors (Lipinski definition) is 0. The molecule has 0 aliphatic heterocycles. The average molecular weight is 237 g/mol. The minimum atomic E-state index is 0.0498. The maximum absolute atomic E-state index is 8.94. The lowest BCUT2D eigenvalue weighted by Gasteiger charge is -2.20. The van der Waals surface area contributed by atoms with Crippen LogP contribution >= 0.6 is 15.9 Å². The summed E-state index contributed by atoms with van der Waals surface area (Å²) in [5.41, 5.74) is 2.39. The van der Waals surface area contributed by atoms with Crippen LogP contribution < -0.4 is 0 Å². The molecule has 1 atom stereocenters. The standard InChI is InChI=1S/C10H9BrN2/c11-10-6-13-5-9-7(4-12)2-1-3-8(9)10/h5-7H,1-3H2/t7-/m0/s1. The lowest BCUT2D eigenvalue weighted by molar-refractivity contribution is 0.631. The van der Waals surface area contributed by atoms with Gasteiger partial charge in [0.05, 0.1) is 12.0 Å². The molecular weight excluding hydrogens is 228 g/mol. The van der Waals surface area contributed by atoms with Gasteiger partial charge in [0.15, 0.2) is 0 Å². The Morgan fingerprint density at radius 2 is 2.38 bits per heavy atom. The van der Waals surface area contributed by atoms with Gasteiger partial charge in [0, 0.05) is 16.9 Å². The highest BCUT2D eigenvalue weighted by molar-refractivity contribution is 9.10. The molecule has 0 unspecified atom stereocenters. The van der Waals surface area contributed by atoms with Crippen molar-refractivity contribution < 1.29 is 0 Å². The summed E-state index contributed by atoms with van der Waals surface area (Å²) in [5, 5.41) is 8.94. The quantitative estimate of drug-likeness (QED) is 0.695. The molecule has 0 aromatic carbocycles. The molecule has 0 spiro atoms. The maximum Gasteiger partial charge on any atom is 0.0730 e. The molecule has 0 fully saturated rings. The van der Waals surface area contributed by atoms with Gasteiger partial charge in [-0.2, -0.15) is 5.26 Å². The number of pyridine rings is 1. The smallest absolute Gasteiger partial charge is 0.0730 e. The number of aromatic nitrogens is 1. The van der Waals surface area contributed by atoms with E-state index in [0.29, 0.717) is 0 Å². The van der Waals surface area contributed by atoms with Crippen LogP contribution in [0.15, 0.2) is 16.9 Å². The Balaban J connectivity index is 2.53. The summed E-state index contributed by atoms with van der Waals surface area (Å²) in [6.07, 6.45) is 6.78. The van der Waals surface area contributed by atoms with Gasteiger partial charge >= 0.3 is 0 Å². The molecule has 2 nitrogen and oxygen atoms in total. The van der Waals surface area contributed by atoms with E-state index in [1.54, 1.807) is 6.20 Å². The van der Waals surface area contributed by atoms with Gasteiger partial charge in [-0.3, -0.25) is 4.98 Å². The van der Waals surface area contributed by atoms with E-state index in [-0.39, 0.29) is 5.92 Å². The van der Waals surface area contributed by atoms with Gasteiger partial charge < -0.3 is 0 Å². The fourth-order valence-electron chi connectivity index (χ4n) is 1.81. The minimum Gasteiger partial charge on any atom is -0.263 e. The first-order chi connectivity index (χ1) is 6.33. The topological polar surface area (TPSA) is 36.7 Å². The van der Waals surface area contributed by atoms with Crippen LogP contribution in [0.2, 0.25) is 0 Å². The summed E-state index contributed by atoms with van der Waals surface area (Å²) in [6.45, 7) is 0. The van der Waals surface area contributed by atoms with Crippen molar-refractivity contribution >= 4 is 15.9 Å². The lowest BCUT2D eigenvalue weighted by Crippen LogP contribution is -2.09. The average Bonchev–Trinajstić information content (AvgIpc) is 2.18. The molecule has 0 bridgehead atoms.